The van der Waals surface area contributed by atoms with E-state index in [9.17, 15) is 0 Å². The minimum absolute atomic E-state index is 0.255. The third-order valence-electron chi connectivity index (χ3n) is 2.99. The third kappa shape index (κ3) is 3.66. The smallest absolute Gasteiger partial charge is 0.119 e. The molecule has 2 aromatic carbocycles. The molecule has 0 fully saturated rings. The van der Waals surface area contributed by atoms with Gasteiger partial charge in [-0.05, 0) is 41.8 Å². The lowest BCUT2D eigenvalue weighted by molar-refractivity contribution is 0.317. The summed E-state index contributed by atoms with van der Waals surface area (Å²) in [4.78, 5) is 0. The van der Waals surface area contributed by atoms with Gasteiger partial charge in [0.05, 0.1) is 22.7 Å². The van der Waals surface area contributed by atoms with Crippen molar-refractivity contribution in [1.29, 1.82) is 0 Å². The molecule has 0 aliphatic heterocycles. The molecule has 0 heterocycles. The van der Waals surface area contributed by atoms with E-state index in [1.54, 1.807) is 12.1 Å². The molecule has 2 aromatic rings. The minimum Gasteiger partial charge on any atom is -0.494 e. The molecule has 1 unspecified atom stereocenters. The first-order chi connectivity index (χ1) is 9.61. The summed E-state index contributed by atoms with van der Waals surface area (Å²) in [5, 5.41) is 1.04. The van der Waals surface area contributed by atoms with E-state index in [2.05, 4.69) is 6.92 Å². The van der Waals surface area contributed by atoms with Crippen molar-refractivity contribution in [1.82, 2.24) is 0 Å². The van der Waals surface area contributed by atoms with Crippen LogP contribution < -0.4 is 10.5 Å². The molecule has 0 aromatic heterocycles. The van der Waals surface area contributed by atoms with E-state index in [1.807, 2.05) is 30.3 Å². The molecule has 0 aliphatic carbocycles. The highest BCUT2D eigenvalue weighted by Gasteiger charge is 2.11. The molecule has 2 nitrogen and oxygen atoms in total. The Bertz CT molecular complexity index is 586. The number of hydrogen-bond donors (Lipinski definition) is 1. The fraction of sp³-hybridized carbons (Fsp3) is 0.250. The first kappa shape index (κ1) is 15.2. The molecule has 4 heteroatoms. The van der Waals surface area contributed by atoms with E-state index in [-0.39, 0.29) is 6.04 Å². The first-order valence-electron chi connectivity index (χ1n) is 6.55. The monoisotopic (exact) mass is 309 g/mol. The van der Waals surface area contributed by atoms with Crippen molar-refractivity contribution in [3.05, 3.63) is 63.6 Å². The molecule has 106 valence electrons. The number of ether oxygens (including phenoxy) is 1. The normalized spacial score (nSPS) is 12.2. The summed E-state index contributed by atoms with van der Waals surface area (Å²) >= 11 is 12.0. The van der Waals surface area contributed by atoms with E-state index < -0.39 is 0 Å². The lowest BCUT2D eigenvalue weighted by Gasteiger charge is -2.15. The molecule has 20 heavy (non-hydrogen) atoms. The van der Waals surface area contributed by atoms with Crippen LogP contribution in [0.1, 0.15) is 30.5 Å². The van der Waals surface area contributed by atoms with Crippen molar-refractivity contribution in [3.8, 4) is 5.75 Å². The van der Waals surface area contributed by atoms with Crippen molar-refractivity contribution in [2.24, 2.45) is 5.73 Å². The van der Waals surface area contributed by atoms with Crippen LogP contribution in [0.25, 0.3) is 0 Å². The molecule has 0 aliphatic rings. The Morgan fingerprint density at radius 3 is 2.50 bits per heavy atom. The Balaban J connectivity index is 2.23. The molecule has 2 N–H and O–H groups in total. The standard InChI is InChI=1S/C16H17Cl2NO/c1-2-8-20-13-5-3-4-11(9-13)16(19)12-6-7-14(17)15(18)10-12/h3-7,9-10,16H,2,8,19H2,1H3. The maximum absolute atomic E-state index is 6.28. The van der Waals surface area contributed by atoms with Gasteiger partial charge in [-0.1, -0.05) is 48.3 Å². The molecule has 0 amide bonds. The average molecular weight is 310 g/mol. The zero-order valence-corrected chi connectivity index (χ0v) is 12.8. The van der Waals surface area contributed by atoms with Gasteiger partial charge in [0.1, 0.15) is 5.75 Å². The summed E-state index contributed by atoms with van der Waals surface area (Å²) in [5.41, 5.74) is 8.18. The maximum Gasteiger partial charge on any atom is 0.119 e. The van der Waals surface area contributed by atoms with E-state index in [1.165, 1.54) is 0 Å². The quantitative estimate of drug-likeness (QED) is 0.858. The van der Waals surface area contributed by atoms with E-state index in [4.69, 9.17) is 33.7 Å². The van der Waals surface area contributed by atoms with E-state index in [0.29, 0.717) is 16.7 Å². The SMILES string of the molecule is CCCOc1cccc(C(N)c2ccc(Cl)c(Cl)c2)c1. The second kappa shape index (κ2) is 6.98. The minimum atomic E-state index is -0.255. The van der Waals surface area contributed by atoms with Gasteiger partial charge in [0.15, 0.2) is 0 Å². The lowest BCUT2D eigenvalue weighted by atomic mass is 9.99. The lowest BCUT2D eigenvalue weighted by Crippen LogP contribution is -2.12. The molecule has 1 atom stereocenters. The predicted molar refractivity (Wildman–Crippen MR) is 84.7 cm³/mol. The number of rotatable bonds is 5. The second-order valence-corrected chi connectivity index (χ2v) is 5.39. The van der Waals surface area contributed by atoms with Crippen LogP contribution in [-0.4, -0.2) is 6.61 Å². The van der Waals surface area contributed by atoms with Gasteiger partial charge < -0.3 is 10.5 Å². The summed E-state index contributed by atoms with van der Waals surface area (Å²) < 4.78 is 5.62. The highest BCUT2D eigenvalue weighted by molar-refractivity contribution is 6.42. The molecular weight excluding hydrogens is 293 g/mol. The van der Waals surface area contributed by atoms with Crippen molar-refractivity contribution in [2.75, 3.05) is 6.61 Å². The van der Waals surface area contributed by atoms with Gasteiger partial charge in [0.2, 0.25) is 0 Å². The number of hydrogen-bond acceptors (Lipinski definition) is 2. The van der Waals surface area contributed by atoms with E-state index in [0.717, 1.165) is 23.3 Å². The zero-order chi connectivity index (χ0) is 14.5. The Morgan fingerprint density at radius 1 is 1.05 bits per heavy atom. The fourth-order valence-corrected chi connectivity index (χ4v) is 2.22. The summed E-state index contributed by atoms with van der Waals surface area (Å²) in [6, 6.07) is 13.0. The fourth-order valence-electron chi connectivity index (χ4n) is 1.92. The molecule has 0 radical (unpaired) electrons. The van der Waals surface area contributed by atoms with Crippen LogP contribution in [0, 0.1) is 0 Å². The Hall–Kier alpha value is -1.22. The molecule has 0 spiro atoms. The van der Waals surface area contributed by atoms with Crippen LogP contribution in [-0.2, 0) is 0 Å². The van der Waals surface area contributed by atoms with Crippen molar-refractivity contribution in [3.63, 3.8) is 0 Å². The van der Waals surface area contributed by atoms with Gasteiger partial charge in [0.25, 0.3) is 0 Å². The summed E-state index contributed by atoms with van der Waals surface area (Å²) in [7, 11) is 0. The molecule has 2 rings (SSSR count). The summed E-state index contributed by atoms with van der Waals surface area (Å²) in [6.45, 7) is 2.77. The zero-order valence-electron chi connectivity index (χ0n) is 11.3. The first-order valence-corrected chi connectivity index (χ1v) is 7.30. The van der Waals surface area contributed by atoms with Crippen LogP contribution in [0.5, 0.6) is 5.75 Å². The number of nitrogens with two attached hydrogens (primary N) is 1. The predicted octanol–water partition coefficient (Wildman–Crippen LogP) is 4.83. The Labute approximate surface area is 129 Å². The van der Waals surface area contributed by atoms with Gasteiger partial charge >= 0.3 is 0 Å². The molecule has 0 bridgehead atoms. The van der Waals surface area contributed by atoms with Crippen molar-refractivity contribution in [2.45, 2.75) is 19.4 Å². The third-order valence-corrected chi connectivity index (χ3v) is 3.73. The largest absolute Gasteiger partial charge is 0.494 e. The highest BCUT2D eigenvalue weighted by Crippen LogP contribution is 2.28. The van der Waals surface area contributed by atoms with Gasteiger partial charge in [-0.25, -0.2) is 0 Å². The topological polar surface area (TPSA) is 35.2 Å². The Morgan fingerprint density at radius 2 is 1.80 bits per heavy atom. The van der Waals surface area contributed by atoms with Crippen molar-refractivity contribution >= 4 is 23.2 Å². The molecular formula is C16H17Cl2NO. The number of halogens is 2. The summed E-state index contributed by atoms with van der Waals surface area (Å²) in [6.07, 6.45) is 0.975. The average Bonchev–Trinajstić information content (AvgIpc) is 2.47. The van der Waals surface area contributed by atoms with Gasteiger partial charge in [0, 0.05) is 0 Å². The van der Waals surface area contributed by atoms with Gasteiger partial charge in [-0.15, -0.1) is 0 Å². The highest BCUT2D eigenvalue weighted by atomic mass is 35.5. The van der Waals surface area contributed by atoms with Crippen LogP contribution in [0.3, 0.4) is 0 Å². The van der Waals surface area contributed by atoms with E-state index >= 15 is 0 Å². The van der Waals surface area contributed by atoms with Crippen molar-refractivity contribution < 1.29 is 4.74 Å². The summed E-state index contributed by atoms with van der Waals surface area (Å²) in [5.74, 6) is 0.833. The maximum atomic E-state index is 6.28. The van der Waals surface area contributed by atoms with Crippen LogP contribution in [0.4, 0.5) is 0 Å². The molecule has 0 saturated heterocycles. The van der Waals surface area contributed by atoms with Gasteiger partial charge in [-0.3, -0.25) is 0 Å². The second-order valence-electron chi connectivity index (χ2n) is 4.57. The molecule has 0 saturated carbocycles. The van der Waals surface area contributed by atoms with Crippen LogP contribution in [0.2, 0.25) is 10.0 Å². The Kier molecular flexibility index (Phi) is 5.30. The van der Waals surface area contributed by atoms with Crippen LogP contribution in [0.15, 0.2) is 42.5 Å². The number of benzene rings is 2. The van der Waals surface area contributed by atoms with Crippen LogP contribution >= 0.6 is 23.2 Å². The van der Waals surface area contributed by atoms with Gasteiger partial charge in [-0.2, -0.15) is 0 Å².